The largest absolute Gasteiger partial charge is 0.476 e. The average Bonchev–Trinajstić information content (AvgIpc) is 2.47. The lowest BCUT2D eigenvalue weighted by Gasteiger charge is -2.40. The van der Waals surface area contributed by atoms with Crippen LogP contribution in [0.2, 0.25) is 0 Å². The van der Waals surface area contributed by atoms with Gasteiger partial charge in [-0.15, -0.1) is 0 Å². The Morgan fingerprint density at radius 1 is 1.24 bits per heavy atom. The van der Waals surface area contributed by atoms with Crippen molar-refractivity contribution in [2.24, 2.45) is 0 Å². The number of benzene rings is 1. The van der Waals surface area contributed by atoms with Crippen LogP contribution in [0.3, 0.4) is 0 Å². The highest BCUT2D eigenvalue weighted by atomic mass is 19.1. The van der Waals surface area contributed by atoms with Gasteiger partial charge in [0.05, 0.1) is 24.5 Å². The highest BCUT2D eigenvalue weighted by Gasteiger charge is 2.41. The van der Waals surface area contributed by atoms with Crippen LogP contribution in [0.15, 0.2) is 18.2 Å². The molecular weight excluding hydrogens is 341 g/mol. The van der Waals surface area contributed by atoms with E-state index in [0.29, 0.717) is 6.07 Å². The molecule has 0 unspecified atom stereocenters. The Bertz CT molecular complexity index is 840. The monoisotopic (exact) mass is 354 g/mol. The van der Waals surface area contributed by atoms with Crippen molar-refractivity contribution in [3.63, 3.8) is 0 Å². The lowest BCUT2D eigenvalue weighted by molar-refractivity contribution is -0.202. The molecule has 1 fully saturated rings. The number of nitrogen functional groups attached to an aromatic ring is 1. The number of hydrogen-bond donors (Lipinski definition) is 2. The molecule has 3 rings (SSSR count). The van der Waals surface area contributed by atoms with Gasteiger partial charge in [0.25, 0.3) is 0 Å². The van der Waals surface area contributed by atoms with E-state index in [2.05, 4.69) is 4.98 Å². The zero-order valence-corrected chi connectivity index (χ0v) is 13.0. The molecule has 0 spiro atoms. The minimum Gasteiger partial charge on any atom is -0.476 e. The third-order valence-electron chi connectivity index (χ3n) is 4.07. The van der Waals surface area contributed by atoms with Gasteiger partial charge in [0.2, 0.25) is 0 Å². The first-order valence-corrected chi connectivity index (χ1v) is 7.11. The zero-order chi connectivity index (χ0) is 18.4. The number of ether oxygens (including phenoxy) is 2. The third-order valence-corrected chi connectivity index (χ3v) is 4.07. The van der Waals surface area contributed by atoms with Crippen molar-refractivity contribution in [2.75, 3.05) is 26.1 Å². The molecule has 0 amide bonds. The van der Waals surface area contributed by atoms with Gasteiger partial charge in [-0.2, -0.15) is 0 Å². The maximum Gasteiger partial charge on any atom is 0.356 e. The minimum absolute atomic E-state index is 0.124. The first-order chi connectivity index (χ1) is 11.8. The number of aromatic nitrogens is 1. The molecule has 132 valence electrons. The molecule has 3 N–H and O–H groups in total. The van der Waals surface area contributed by atoms with Gasteiger partial charge in [0, 0.05) is 13.2 Å². The number of anilines is 1. The predicted molar refractivity (Wildman–Crippen MR) is 80.4 cm³/mol. The van der Waals surface area contributed by atoms with Crippen LogP contribution in [0.25, 0.3) is 11.3 Å². The van der Waals surface area contributed by atoms with Gasteiger partial charge in [0.1, 0.15) is 22.9 Å². The number of halogens is 3. The van der Waals surface area contributed by atoms with Crippen LogP contribution < -0.4 is 5.73 Å². The molecule has 0 radical (unpaired) electrons. The Hall–Kier alpha value is -2.65. The van der Waals surface area contributed by atoms with Gasteiger partial charge in [-0.05, 0) is 17.7 Å². The van der Waals surface area contributed by atoms with E-state index in [1.54, 1.807) is 0 Å². The normalized spacial score (nSPS) is 15.7. The van der Waals surface area contributed by atoms with Gasteiger partial charge in [-0.1, -0.05) is 0 Å². The number of nitrogens with zero attached hydrogens (tertiary/aromatic N) is 1. The number of aromatic carboxylic acids is 1. The van der Waals surface area contributed by atoms with Crippen molar-refractivity contribution in [1.29, 1.82) is 0 Å². The standard InChI is InChI=1S/C16H13F3N2O4/c1-24-16(5-25-6-16)7-2-8(17)12(9(18)3-7)13-10(19)4-11(20)14(21-13)15(22)23/h2-4H,5-6,20H2,1H3,(H,22,23). The Balaban J connectivity index is 2.16. The summed E-state index contributed by atoms with van der Waals surface area (Å²) in [4.78, 5) is 14.5. The molecule has 1 aromatic carbocycles. The summed E-state index contributed by atoms with van der Waals surface area (Å²) in [5, 5.41) is 9.01. The summed E-state index contributed by atoms with van der Waals surface area (Å²) >= 11 is 0. The summed E-state index contributed by atoms with van der Waals surface area (Å²) in [7, 11) is 1.38. The summed E-state index contributed by atoms with van der Waals surface area (Å²) in [6, 6.07) is 2.64. The molecule has 0 atom stereocenters. The summed E-state index contributed by atoms with van der Waals surface area (Å²) < 4.78 is 53.4. The highest BCUT2D eigenvalue weighted by Crippen LogP contribution is 2.37. The Morgan fingerprint density at radius 3 is 2.28 bits per heavy atom. The quantitative estimate of drug-likeness (QED) is 0.875. The Morgan fingerprint density at radius 2 is 1.84 bits per heavy atom. The number of carboxylic acid groups (broad SMARTS) is 1. The molecule has 1 aliphatic heterocycles. The van der Waals surface area contributed by atoms with E-state index in [0.717, 1.165) is 12.1 Å². The van der Waals surface area contributed by atoms with Crippen LogP contribution in [0.4, 0.5) is 18.9 Å². The highest BCUT2D eigenvalue weighted by molar-refractivity contribution is 5.92. The first-order valence-electron chi connectivity index (χ1n) is 7.11. The Kier molecular flexibility index (Phi) is 4.13. The number of hydrogen-bond acceptors (Lipinski definition) is 5. The molecule has 2 aromatic rings. The number of rotatable bonds is 4. The van der Waals surface area contributed by atoms with E-state index in [4.69, 9.17) is 20.3 Å². The van der Waals surface area contributed by atoms with Crippen LogP contribution in [-0.2, 0) is 15.1 Å². The lowest BCUT2D eigenvalue weighted by atomic mass is 9.90. The zero-order valence-electron chi connectivity index (χ0n) is 13.0. The van der Waals surface area contributed by atoms with Crippen molar-refractivity contribution in [2.45, 2.75) is 5.60 Å². The lowest BCUT2D eigenvalue weighted by Crippen LogP contribution is -2.48. The van der Waals surface area contributed by atoms with E-state index in [1.165, 1.54) is 7.11 Å². The summed E-state index contributed by atoms with van der Waals surface area (Å²) in [6.07, 6.45) is 0. The van der Waals surface area contributed by atoms with Gasteiger partial charge < -0.3 is 20.3 Å². The molecule has 1 aromatic heterocycles. The number of carboxylic acids is 1. The maximum atomic E-state index is 14.5. The minimum atomic E-state index is -1.54. The molecule has 6 nitrogen and oxygen atoms in total. The van der Waals surface area contributed by atoms with Crippen LogP contribution >= 0.6 is 0 Å². The van der Waals surface area contributed by atoms with Crippen LogP contribution in [0.5, 0.6) is 0 Å². The number of methoxy groups -OCH3 is 1. The van der Waals surface area contributed by atoms with Crippen molar-refractivity contribution in [1.82, 2.24) is 4.98 Å². The first kappa shape index (κ1) is 17.2. The molecule has 9 heteroatoms. The summed E-state index contributed by atoms with van der Waals surface area (Å²) in [5.41, 5.74) is 1.89. The smallest absolute Gasteiger partial charge is 0.356 e. The SMILES string of the molecule is COC1(c2cc(F)c(-c3nc(C(=O)O)c(N)cc3F)c(F)c2)COC1. The molecular formula is C16H13F3N2O4. The number of carbonyl (C=O) groups is 1. The van der Waals surface area contributed by atoms with Gasteiger partial charge in [0.15, 0.2) is 11.5 Å². The molecule has 2 heterocycles. The van der Waals surface area contributed by atoms with Crippen LogP contribution in [0, 0.1) is 17.5 Å². The van der Waals surface area contributed by atoms with Crippen molar-refractivity contribution in [3.8, 4) is 11.3 Å². The van der Waals surface area contributed by atoms with Crippen LogP contribution in [0.1, 0.15) is 16.1 Å². The fourth-order valence-electron chi connectivity index (χ4n) is 2.60. The second-order valence-electron chi connectivity index (χ2n) is 5.57. The molecule has 25 heavy (non-hydrogen) atoms. The predicted octanol–water partition coefficient (Wildman–Crippen LogP) is 2.32. The van der Waals surface area contributed by atoms with Gasteiger partial charge >= 0.3 is 5.97 Å². The molecule has 1 saturated heterocycles. The molecule has 0 bridgehead atoms. The van der Waals surface area contributed by atoms with E-state index < -0.39 is 51.7 Å². The number of pyridine rings is 1. The molecule has 0 saturated carbocycles. The summed E-state index contributed by atoms with van der Waals surface area (Å²) in [6.45, 7) is 0.249. The van der Waals surface area contributed by atoms with E-state index in [-0.39, 0.29) is 18.8 Å². The maximum absolute atomic E-state index is 14.5. The third kappa shape index (κ3) is 2.71. The second kappa shape index (κ2) is 6.01. The van der Waals surface area contributed by atoms with Crippen molar-refractivity contribution < 1.29 is 32.5 Å². The summed E-state index contributed by atoms with van der Waals surface area (Å²) in [5.74, 6) is -4.89. The fraction of sp³-hybridized carbons (Fsp3) is 0.250. The molecule has 1 aliphatic rings. The fourth-order valence-corrected chi connectivity index (χ4v) is 2.60. The average molecular weight is 354 g/mol. The topological polar surface area (TPSA) is 94.7 Å². The van der Waals surface area contributed by atoms with E-state index >= 15 is 0 Å². The van der Waals surface area contributed by atoms with Crippen molar-refractivity contribution in [3.05, 3.63) is 46.9 Å². The van der Waals surface area contributed by atoms with Gasteiger partial charge in [-0.3, -0.25) is 0 Å². The van der Waals surface area contributed by atoms with Crippen LogP contribution in [-0.4, -0.2) is 36.4 Å². The van der Waals surface area contributed by atoms with E-state index in [1.807, 2.05) is 0 Å². The second-order valence-corrected chi connectivity index (χ2v) is 5.57. The Labute approximate surface area is 140 Å². The van der Waals surface area contributed by atoms with Crippen molar-refractivity contribution >= 4 is 11.7 Å². The van der Waals surface area contributed by atoms with Gasteiger partial charge in [-0.25, -0.2) is 22.9 Å². The molecule has 0 aliphatic carbocycles. The number of nitrogens with two attached hydrogens (primary N) is 1. The van der Waals surface area contributed by atoms with E-state index in [9.17, 15) is 18.0 Å².